The van der Waals surface area contributed by atoms with Crippen LogP contribution in [0.3, 0.4) is 0 Å². The molecule has 6 nitrogen and oxygen atoms in total. The molecule has 4 heterocycles. The van der Waals surface area contributed by atoms with Gasteiger partial charge < -0.3 is 20.4 Å². The average molecular weight is 1030 g/mol. The Morgan fingerprint density at radius 2 is 0.672 bits per heavy atom. The van der Waals surface area contributed by atoms with E-state index in [1.807, 2.05) is 24.3 Å². The summed E-state index contributed by atoms with van der Waals surface area (Å²) in [7, 11) is -1.09. The summed E-state index contributed by atoms with van der Waals surface area (Å²) in [5.74, 6) is 0. The number of halogens is 6. The maximum atomic E-state index is 12.5. The number of hydrogen-bond donors (Lipinski definition) is 0. The predicted octanol–water partition coefficient (Wildman–Crippen LogP) is 11.5. The molecule has 0 bridgehead atoms. The number of alkyl halides is 6. The summed E-state index contributed by atoms with van der Waals surface area (Å²) in [6.07, 6.45) is -5.90. The molecular weight excluding hydrogens is 986 g/mol. The van der Waals surface area contributed by atoms with E-state index in [0.717, 1.165) is 33.7 Å². The fourth-order valence-electron chi connectivity index (χ4n) is 6.83. The van der Waals surface area contributed by atoms with E-state index >= 15 is 0 Å². The summed E-state index contributed by atoms with van der Waals surface area (Å²) in [6.45, 7) is 4.69. The van der Waals surface area contributed by atoms with Gasteiger partial charge in [-0.15, -0.1) is 0 Å². The second kappa shape index (κ2) is 23.4. The molecule has 15 heteroatoms. The third-order valence-corrected chi connectivity index (χ3v) is 15.1. The van der Waals surface area contributed by atoms with Crippen LogP contribution in [0, 0.1) is 0 Å². The van der Waals surface area contributed by atoms with E-state index < -0.39 is 39.6 Å². The predicted molar refractivity (Wildman–Crippen MR) is 259 cm³/mol. The summed E-state index contributed by atoms with van der Waals surface area (Å²) in [6, 6.07) is 63.0. The molecule has 0 aliphatic heterocycles. The first-order valence-corrected chi connectivity index (χ1v) is 24.6. The molecule has 0 aliphatic rings. The first-order valence-electron chi connectivity index (χ1n) is 20.6. The molecule has 10 aromatic rings. The van der Waals surface area contributed by atoms with Gasteiger partial charge in [-0.25, -0.2) is 0 Å². The molecule has 0 saturated heterocycles. The van der Waals surface area contributed by atoms with Gasteiger partial charge in [-0.1, -0.05) is 121 Å². The summed E-state index contributed by atoms with van der Waals surface area (Å²) in [5.41, 5.74) is -0.940. The molecule has 0 saturated carbocycles. The normalized spacial score (nSPS) is 11.1. The van der Waals surface area contributed by atoms with Gasteiger partial charge in [-0.2, -0.15) is 26.3 Å². The van der Waals surface area contributed by atoms with Crippen LogP contribution in [0.4, 0.5) is 26.3 Å². The van der Waals surface area contributed by atoms with E-state index in [-0.39, 0.29) is 30.9 Å². The molecule has 10 rings (SSSR count). The molecule has 0 radical (unpaired) electrons. The molecule has 4 aromatic heterocycles. The second-order valence-electron chi connectivity index (χ2n) is 14.7. The van der Waals surface area contributed by atoms with Gasteiger partial charge in [0.15, 0.2) is 0 Å². The molecule has 0 aliphatic carbocycles. The summed E-state index contributed by atoms with van der Waals surface area (Å²) in [4.78, 5) is 8.21. The van der Waals surface area contributed by atoms with Crippen molar-refractivity contribution in [2.75, 3.05) is 13.3 Å². The zero-order valence-corrected chi connectivity index (χ0v) is 39.7. The maximum absolute atomic E-state index is 12.5. The second-order valence-corrected chi connectivity index (χ2v) is 19.5. The Kier molecular flexibility index (Phi) is 17.5. The van der Waals surface area contributed by atoms with Crippen LogP contribution in [-0.4, -0.2) is 33.5 Å². The van der Waals surface area contributed by atoms with E-state index in [0.29, 0.717) is 11.4 Å². The molecule has 0 amide bonds. The summed E-state index contributed by atoms with van der Waals surface area (Å²) < 4.78 is 75.0. The minimum Gasteiger partial charge on any atom is -0.571 e. The first kappa shape index (κ1) is 50.0. The summed E-state index contributed by atoms with van der Waals surface area (Å²) in [5, 5.41) is 22.6. The molecule has 0 fully saturated rings. The largest absolute Gasteiger partial charge is 2.00 e. The van der Waals surface area contributed by atoms with Crippen LogP contribution in [0.15, 0.2) is 207 Å². The van der Waals surface area contributed by atoms with E-state index in [1.54, 1.807) is 48.8 Å². The SMILES string of the molecule is C[PH+](c1ccccc1)c1ccccc1.C[PH+](c1ccccc1)c1ccccc1.FC(F)(F)c1cc(-c2nccc3ccccc23)n[n-]1.FC(F)(F)c1cc(-c2nccc3ccccc23)n[n-]1.[Ru+2]. The number of aromatic nitrogens is 6. The van der Waals surface area contributed by atoms with Gasteiger partial charge in [-0.3, -0.25) is 9.97 Å². The van der Waals surface area contributed by atoms with Crippen molar-refractivity contribution in [1.29, 1.82) is 0 Å². The number of fused-ring (bicyclic) bond motifs is 2. The Labute approximate surface area is 399 Å². The maximum Gasteiger partial charge on any atom is 2.00 e. The van der Waals surface area contributed by atoms with Crippen molar-refractivity contribution < 1.29 is 45.8 Å². The molecule has 0 spiro atoms. The quantitative estimate of drug-likeness (QED) is 0.0938. The number of hydrogen-bond acceptors (Lipinski definition) is 4. The van der Waals surface area contributed by atoms with Gasteiger partial charge in [0.25, 0.3) is 0 Å². The van der Waals surface area contributed by atoms with Crippen LogP contribution in [0.25, 0.3) is 44.3 Å². The van der Waals surface area contributed by atoms with E-state index in [2.05, 4.69) is 165 Å². The third-order valence-electron chi connectivity index (χ3n) is 10.3. The zero-order valence-electron chi connectivity index (χ0n) is 35.9. The van der Waals surface area contributed by atoms with E-state index in [9.17, 15) is 26.3 Å². The molecule has 0 N–H and O–H groups in total. The Hall–Kier alpha value is -6.38. The van der Waals surface area contributed by atoms with Crippen LogP contribution in [-0.2, 0) is 31.8 Å². The van der Waals surface area contributed by atoms with Crippen LogP contribution < -0.4 is 31.4 Å². The third kappa shape index (κ3) is 13.4. The number of pyridine rings is 2. The zero-order chi connectivity index (χ0) is 46.5. The Bertz CT molecular complexity index is 2760. The van der Waals surface area contributed by atoms with Crippen molar-refractivity contribution in [3.8, 4) is 22.8 Å². The minimum atomic E-state index is -4.49. The van der Waals surface area contributed by atoms with Gasteiger partial charge in [0.2, 0.25) is 0 Å². The Morgan fingerprint density at radius 3 is 0.955 bits per heavy atom. The van der Waals surface area contributed by atoms with Crippen molar-refractivity contribution in [3.05, 3.63) is 218 Å². The van der Waals surface area contributed by atoms with Crippen LogP contribution in [0.2, 0.25) is 0 Å². The van der Waals surface area contributed by atoms with Crippen molar-refractivity contribution in [2.24, 2.45) is 0 Å². The summed E-state index contributed by atoms with van der Waals surface area (Å²) >= 11 is 0. The van der Waals surface area contributed by atoms with Crippen LogP contribution >= 0.6 is 15.8 Å². The molecule has 0 unspecified atom stereocenters. The number of benzene rings is 6. The number of rotatable bonds is 6. The van der Waals surface area contributed by atoms with E-state index in [1.165, 1.54) is 21.2 Å². The molecule has 6 aromatic carbocycles. The Balaban J connectivity index is 0.000000148. The first-order chi connectivity index (χ1) is 31.9. The fourth-order valence-corrected chi connectivity index (χ4v) is 10.3. The monoisotopic (exact) mass is 1030 g/mol. The Morgan fingerprint density at radius 1 is 0.388 bits per heavy atom. The topological polar surface area (TPSA) is 79.8 Å². The van der Waals surface area contributed by atoms with Crippen molar-refractivity contribution in [2.45, 2.75) is 12.4 Å². The average Bonchev–Trinajstić information content (AvgIpc) is 4.08. The fraction of sp³-hybridized carbons (Fsp3) is 0.0769. The molecule has 67 heavy (non-hydrogen) atoms. The molecular formula is C52H42F6N6P2Ru+2. The number of nitrogens with zero attached hydrogens (tertiary/aromatic N) is 6. The van der Waals surface area contributed by atoms with Crippen molar-refractivity contribution in [1.82, 2.24) is 30.4 Å². The van der Waals surface area contributed by atoms with Crippen LogP contribution in [0.1, 0.15) is 11.4 Å². The van der Waals surface area contributed by atoms with Gasteiger partial charge in [0.05, 0.1) is 73.2 Å². The smallest absolute Gasteiger partial charge is 0.571 e. The van der Waals surface area contributed by atoms with Gasteiger partial charge in [0.1, 0.15) is 0 Å². The van der Waals surface area contributed by atoms with Gasteiger partial charge in [0, 0.05) is 23.2 Å². The van der Waals surface area contributed by atoms with Crippen LogP contribution in [0.5, 0.6) is 0 Å². The van der Waals surface area contributed by atoms with Gasteiger partial charge in [-0.05, 0) is 95.0 Å². The van der Waals surface area contributed by atoms with Crippen molar-refractivity contribution >= 4 is 58.6 Å². The molecule has 0 atom stereocenters. The van der Waals surface area contributed by atoms with Gasteiger partial charge >= 0.3 is 31.8 Å². The minimum absolute atomic E-state index is 0. The standard InChI is InChI=1S/2C13H7F3N3.2C13H13P.Ru/c2*14-13(15,16)11-7-10(18-19-11)12-9-4-2-1-3-8(9)5-6-17-12;2*1-14(12-8-4-2-5-9-12)13-10-6-3-7-11-13;/h2*1-7H;2*2-11H,1H3;/q2*-1;;;+2/p+2. The van der Waals surface area contributed by atoms with Crippen molar-refractivity contribution in [3.63, 3.8) is 0 Å². The van der Waals surface area contributed by atoms with E-state index in [4.69, 9.17) is 0 Å². The molecule has 338 valence electrons.